The summed E-state index contributed by atoms with van der Waals surface area (Å²) < 4.78 is 32.9. The summed E-state index contributed by atoms with van der Waals surface area (Å²) >= 11 is 0. The van der Waals surface area contributed by atoms with Crippen molar-refractivity contribution in [1.82, 2.24) is 0 Å². The van der Waals surface area contributed by atoms with Crippen molar-refractivity contribution in [2.45, 2.75) is 11.8 Å². The molecule has 1 heterocycles. The normalized spacial score (nSPS) is 14.1. The Hall–Kier alpha value is -3.36. The Balaban J connectivity index is 1.38. The van der Waals surface area contributed by atoms with Crippen LogP contribution >= 0.6 is 0 Å². The van der Waals surface area contributed by atoms with E-state index in [4.69, 9.17) is 4.74 Å². The summed E-state index contributed by atoms with van der Waals surface area (Å²) in [5.41, 5.74) is 3.58. The summed E-state index contributed by atoms with van der Waals surface area (Å²) in [6.07, 6.45) is 0. The van der Waals surface area contributed by atoms with Gasteiger partial charge in [0, 0.05) is 35.7 Å². The lowest BCUT2D eigenvalue weighted by atomic mass is 10.2. The van der Waals surface area contributed by atoms with Crippen molar-refractivity contribution < 1.29 is 17.9 Å². The van der Waals surface area contributed by atoms with Gasteiger partial charge in [-0.05, 0) is 67.6 Å². The third-order valence-corrected chi connectivity index (χ3v) is 6.63. The van der Waals surface area contributed by atoms with Gasteiger partial charge < -0.3 is 15.0 Å². The lowest BCUT2D eigenvalue weighted by Crippen LogP contribution is -2.36. The first-order chi connectivity index (χ1) is 15.4. The number of ether oxygens (including phenoxy) is 1. The second kappa shape index (κ2) is 9.42. The van der Waals surface area contributed by atoms with E-state index in [1.807, 2.05) is 31.2 Å². The lowest BCUT2D eigenvalue weighted by Gasteiger charge is -2.28. The lowest BCUT2D eigenvalue weighted by molar-refractivity contribution is 0.102. The number of carbonyl (C=O) groups is 1. The zero-order chi connectivity index (χ0) is 22.6. The minimum Gasteiger partial charge on any atom is -0.378 e. The molecular weight excluding hydrogens is 426 g/mol. The van der Waals surface area contributed by atoms with Crippen LogP contribution in [0.4, 0.5) is 17.1 Å². The van der Waals surface area contributed by atoms with Crippen LogP contribution < -0.4 is 14.9 Å². The molecule has 8 heteroatoms. The zero-order valence-electron chi connectivity index (χ0n) is 17.7. The number of anilines is 3. The van der Waals surface area contributed by atoms with Crippen LogP contribution in [-0.2, 0) is 14.8 Å². The minimum atomic E-state index is -3.69. The molecule has 1 fully saturated rings. The minimum absolute atomic E-state index is 0.186. The van der Waals surface area contributed by atoms with Gasteiger partial charge in [0.2, 0.25) is 0 Å². The highest BCUT2D eigenvalue weighted by Crippen LogP contribution is 2.21. The van der Waals surface area contributed by atoms with Crippen LogP contribution in [0.1, 0.15) is 15.9 Å². The third kappa shape index (κ3) is 5.27. The molecule has 0 unspecified atom stereocenters. The van der Waals surface area contributed by atoms with E-state index in [0.29, 0.717) is 16.9 Å². The fourth-order valence-electron chi connectivity index (χ4n) is 3.40. The largest absolute Gasteiger partial charge is 0.378 e. The second-order valence-electron chi connectivity index (χ2n) is 7.60. The Morgan fingerprint density at radius 2 is 1.44 bits per heavy atom. The summed E-state index contributed by atoms with van der Waals surface area (Å²) in [6, 6.07) is 20.6. The molecule has 0 aromatic heterocycles. The van der Waals surface area contributed by atoms with Gasteiger partial charge in [0.05, 0.1) is 18.1 Å². The van der Waals surface area contributed by atoms with Gasteiger partial charge in [-0.1, -0.05) is 17.7 Å². The maximum absolute atomic E-state index is 12.6. The highest BCUT2D eigenvalue weighted by Gasteiger charge is 2.15. The van der Waals surface area contributed by atoms with Gasteiger partial charge in [0.15, 0.2) is 0 Å². The number of hydrogen-bond acceptors (Lipinski definition) is 5. The number of hydrogen-bond donors (Lipinski definition) is 2. The molecule has 1 amide bonds. The van der Waals surface area contributed by atoms with Crippen LogP contribution in [0, 0.1) is 6.92 Å². The monoisotopic (exact) mass is 451 g/mol. The number of nitrogens with zero attached hydrogens (tertiary/aromatic N) is 1. The van der Waals surface area contributed by atoms with Crippen molar-refractivity contribution in [3.63, 3.8) is 0 Å². The SMILES string of the molecule is Cc1ccc(S(=O)(=O)Nc2ccc(C(=O)Nc3ccc(N4CCOCC4)cc3)cc2)cc1. The molecule has 0 bridgehead atoms. The molecule has 2 N–H and O–H groups in total. The number of rotatable bonds is 6. The maximum atomic E-state index is 12.6. The van der Waals surface area contributed by atoms with E-state index < -0.39 is 10.0 Å². The molecule has 32 heavy (non-hydrogen) atoms. The number of carbonyl (C=O) groups excluding carboxylic acids is 1. The molecule has 1 aliphatic rings. The third-order valence-electron chi connectivity index (χ3n) is 5.23. The Morgan fingerprint density at radius 1 is 0.844 bits per heavy atom. The van der Waals surface area contributed by atoms with E-state index in [0.717, 1.165) is 37.6 Å². The average Bonchev–Trinajstić information content (AvgIpc) is 2.80. The molecule has 7 nitrogen and oxygen atoms in total. The van der Waals surface area contributed by atoms with Crippen molar-refractivity contribution in [2.75, 3.05) is 41.2 Å². The average molecular weight is 452 g/mol. The molecule has 4 rings (SSSR count). The standard InChI is InChI=1S/C24H25N3O4S/c1-18-2-12-23(13-3-18)32(29,30)26-21-6-4-19(5-7-21)24(28)25-20-8-10-22(11-9-20)27-14-16-31-17-15-27/h2-13,26H,14-17H2,1H3,(H,25,28). The Kier molecular flexibility index (Phi) is 6.43. The predicted molar refractivity (Wildman–Crippen MR) is 126 cm³/mol. The molecule has 1 aliphatic heterocycles. The fraction of sp³-hybridized carbons (Fsp3) is 0.208. The van der Waals surface area contributed by atoms with Gasteiger partial charge in [-0.15, -0.1) is 0 Å². The zero-order valence-corrected chi connectivity index (χ0v) is 18.6. The molecule has 0 spiro atoms. The number of nitrogens with one attached hydrogen (secondary N) is 2. The van der Waals surface area contributed by atoms with Gasteiger partial charge in [-0.25, -0.2) is 8.42 Å². The van der Waals surface area contributed by atoms with Crippen LogP contribution in [-0.4, -0.2) is 40.6 Å². The van der Waals surface area contributed by atoms with Crippen LogP contribution in [0.3, 0.4) is 0 Å². The molecular formula is C24H25N3O4S. The van der Waals surface area contributed by atoms with Crippen molar-refractivity contribution in [2.24, 2.45) is 0 Å². The summed E-state index contributed by atoms with van der Waals surface area (Å²) in [5, 5.41) is 2.87. The molecule has 3 aromatic carbocycles. The molecule has 1 saturated heterocycles. The predicted octanol–water partition coefficient (Wildman–Crippen LogP) is 3.88. The van der Waals surface area contributed by atoms with E-state index in [1.165, 1.54) is 0 Å². The van der Waals surface area contributed by atoms with Crippen LogP contribution in [0.5, 0.6) is 0 Å². The van der Waals surface area contributed by atoms with Crippen molar-refractivity contribution in [3.05, 3.63) is 83.9 Å². The molecule has 0 atom stereocenters. The molecule has 166 valence electrons. The first-order valence-electron chi connectivity index (χ1n) is 10.3. The number of aryl methyl sites for hydroxylation is 1. The van der Waals surface area contributed by atoms with E-state index in [-0.39, 0.29) is 10.8 Å². The topological polar surface area (TPSA) is 87.7 Å². The summed E-state index contributed by atoms with van der Waals surface area (Å²) in [6.45, 7) is 5.04. The Labute approximate surface area is 188 Å². The molecule has 0 saturated carbocycles. The number of morpholine rings is 1. The van der Waals surface area contributed by atoms with Gasteiger partial charge in [0.25, 0.3) is 15.9 Å². The van der Waals surface area contributed by atoms with E-state index in [1.54, 1.807) is 48.5 Å². The first kappa shape index (κ1) is 21.9. The van der Waals surface area contributed by atoms with Gasteiger partial charge in [-0.3, -0.25) is 9.52 Å². The quantitative estimate of drug-likeness (QED) is 0.594. The number of amides is 1. The number of benzene rings is 3. The van der Waals surface area contributed by atoms with Gasteiger partial charge in [0.1, 0.15) is 0 Å². The smallest absolute Gasteiger partial charge is 0.261 e. The van der Waals surface area contributed by atoms with Crippen molar-refractivity contribution >= 4 is 33.0 Å². The molecule has 0 radical (unpaired) electrons. The summed E-state index contributed by atoms with van der Waals surface area (Å²) in [7, 11) is -3.69. The van der Waals surface area contributed by atoms with E-state index in [2.05, 4.69) is 14.9 Å². The Morgan fingerprint density at radius 3 is 2.06 bits per heavy atom. The van der Waals surface area contributed by atoms with Gasteiger partial charge in [-0.2, -0.15) is 0 Å². The molecule has 0 aliphatic carbocycles. The van der Waals surface area contributed by atoms with Gasteiger partial charge >= 0.3 is 0 Å². The van der Waals surface area contributed by atoms with Crippen molar-refractivity contribution in [1.29, 1.82) is 0 Å². The summed E-state index contributed by atoms with van der Waals surface area (Å²) in [5.74, 6) is -0.267. The summed E-state index contributed by atoms with van der Waals surface area (Å²) in [4.78, 5) is 15.0. The highest BCUT2D eigenvalue weighted by molar-refractivity contribution is 7.92. The van der Waals surface area contributed by atoms with Crippen LogP contribution in [0.25, 0.3) is 0 Å². The second-order valence-corrected chi connectivity index (χ2v) is 9.28. The maximum Gasteiger partial charge on any atom is 0.261 e. The van der Waals surface area contributed by atoms with Crippen molar-refractivity contribution in [3.8, 4) is 0 Å². The van der Waals surface area contributed by atoms with Crippen LogP contribution in [0.2, 0.25) is 0 Å². The highest BCUT2D eigenvalue weighted by atomic mass is 32.2. The van der Waals surface area contributed by atoms with Crippen LogP contribution in [0.15, 0.2) is 77.7 Å². The van der Waals surface area contributed by atoms with E-state index >= 15 is 0 Å². The fourth-order valence-corrected chi connectivity index (χ4v) is 4.46. The number of sulfonamides is 1. The molecule has 3 aromatic rings. The van der Waals surface area contributed by atoms with E-state index in [9.17, 15) is 13.2 Å². The first-order valence-corrected chi connectivity index (χ1v) is 11.8. The Bertz CT molecular complexity index is 1170.